The second kappa shape index (κ2) is 7.20. The maximum atomic E-state index is 12.5. The van der Waals surface area contributed by atoms with E-state index in [-0.39, 0.29) is 23.7 Å². The number of hydrogen-bond donors (Lipinski definition) is 1. The molecule has 5 nitrogen and oxygen atoms in total. The number of fused-ring (bicyclic) bond motifs is 2. The minimum Gasteiger partial charge on any atom is -0.444 e. The van der Waals surface area contributed by atoms with E-state index >= 15 is 0 Å². The van der Waals surface area contributed by atoms with Crippen LogP contribution >= 0.6 is 0 Å². The van der Waals surface area contributed by atoms with Gasteiger partial charge in [-0.15, -0.1) is 0 Å². The Labute approximate surface area is 168 Å². The molecule has 28 heavy (non-hydrogen) atoms. The zero-order valence-electron chi connectivity index (χ0n) is 17.2. The van der Waals surface area contributed by atoms with E-state index in [1.54, 1.807) is 4.90 Å². The Balaban J connectivity index is 1.41. The average Bonchev–Trinajstić information content (AvgIpc) is 3.00. The SMILES string of the molecule is CC(C)(C)OC(=O)N1CCC(O)C(N2CCC3(C=Cc4ccccc43)CC2)C1. The van der Waals surface area contributed by atoms with E-state index in [2.05, 4.69) is 41.3 Å². The summed E-state index contributed by atoms with van der Waals surface area (Å²) in [5, 5.41) is 10.6. The molecular weight excluding hydrogens is 352 g/mol. The van der Waals surface area contributed by atoms with Crippen LogP contribution < -0.4 is 0 Å². The van der Waals surface area contributed by atoms with Gasteiger partial charge in [0.2, 0.25) is 0 Å². The largest absolute Gasteiger partial charge is 0.444 e. The van der Waals surface area contributed by atoms with Crippen LogP contribution in [0.1, 0.15) is 51.2 Å². The lowest BCUT2D eigenvalue weighted by atomic mass is 9.74. The summed E-state index contributed by atoms with van der Waals surface area (Å²) in [6.45, 7) is 8.62. The van der Waals surface area contributed by atoms with Crippen molar-refractivity contribution in [1.29, 1.82) is 0 Å². The van der Waals surface area contributed by atoms with E-state index in [0.29, 0.717) is 19.5 Å². The molecule has 0 bridgehead atoms. The minimum atomic E-state index is -0.498. The van der Waals surface area contributed by atoms with Crippen LogP contribution in [-0.2, 0) is 10.2 Å². The third-order valence-corrected chi connectivity index (χ3v) is 6.44. The van der Waals surface area contributed by atoms with Crippen LogP contribution in [0.3, 0.4) is 0 Å². The average molecular weight is 385 g/mol. The maximum Gasteiger partial charge on any atom is 0.410 e. The first-order valence-corrected chi connectivity index (χ1v) is 10.5. The molecule has 2 saturated heterocycles. The van der Waals surface area contributed by atoms with Gasteiger partial charge in [-0.2, -0.15) is 0 Å². The highest BCUT2D eigenvalue weighted by Gasteiger charge is 2.42. The number of likely N-dealkylation sites (tertiary alicyclic amines) is 2. The van der Waals surface area contributed by atoms with E-state index in [1.165, 1.54) is 11.1 Å². The number of aliphatic hydroxyl groups excluding tert-OH is 1. The van der Waals surface area contributed by atoms with Crippen LogP contribution in [-0.4, -0.2) is 64.9 Å². The van der Waals surface area contributed by atoms with E-state index in [1.807, 2.05) is 20.8 Å². The third kappa shape index (κ3) is 3.70. The summed E-state index contributed by atoms with van der Waals surface area (Å²) in [5.74, 6) is 0. The topological polar surface area (TPSA) is 53.0 Å². The molecule has 2 aliphatic heterocycles. The van der Waals surface area contributed by atoms with Gasteiger partial charge in [0.05, 0.1) is 12.1 Å². The molecule has 1 N–H and O–H groups in total. The van der Waals surface area contributed by atoms with Gasteiger partial charge in [-0.1, -0.05) is 36.4 Å². The number of piperidine rings is 2. The van der Waals surface area contributed by atoms with Gasteiger partial charge < -0.3 is 14.7 Å². The Morgan fingerprint density at radius 3 is 2.61 bits per heavy atom. The monoisotopic (exact) mass is 384 g/mol. The van der Waals surface area contributed by atoms with Crippen LogP contribution in [0.5, 0.6) is 0 Å². The summed E-state index contributed by atoms with van der Waals surface area (Å²) in [4.78, 5) is 16.6. The van der Waals surface area contributed by atoms with Gasteiger partial charge in [0.1, 0.15) is 5.60 Å². The fourth-order valence-corrected chi connectivity index (χ4v) is 4.90. The summed E-state index contributed by atoms with van der Waals surface area (Å²) in [5.41, 5.74) is 2.42. The molecule has 5 heteroatoms. The number of carbonyl (C=O) groups excluding carboxylic acids is 1. The lowest BCUT2D eigenvalue weighted by Gasteiger charge is -2.47. The Morgan fingerprint density at radius 2 is 1.89 bits per heavy atom. The molecule has 0 radical (unpaired) electrons. The highest BCUT2D eigenvalue weighted by Crippen LogP contribution is 2.44. The molecule has 1 aliphatic carbocycles. The van der Waals surface area contributed by atoms with Gasteiger partial charge >= 0.3 is 6.09 Å². The molecule has 2 heterocycles. The molecule has 1 aromatic rings. The zero-order chi connectivity index (χ0) is 19.9. The van der Waals surface area contributed by atoms with Crippen molar-refractivity contribution < 1.29 is 14.6 Å². The lowest BCUT2D eigenvalue weighted by molar-refractivity contribution is -0.0349. The Kier molecular flexibility index (Phi) is 5.00. The van der Waals surface area contributed by atoms with Gasteiger partial charge in [0.25, 0.3) is 0 Å². The number of aliphatic hydroxyl groups is 1. The minimum absolute atomic E-state index is 0.0146. The van der Waals surface area contributed by atoms with E-state index in [0.717, 1.165) is 25.9 Å². The normalized spacial score (nSPS) is 27.1. The molecule has 1 spiro atoms. The quantitative estimate of drug-likeness (QED) is 0.806. The predicted octanol–water partition coefficient (Wildman–Crippen LogP) is 3.42. The van der Waals surface area contributed by atoms with Crippen molar-refractivity contribution >= 4 is 12.2 Å². The third-order valence-electron chi connectivity index (χ3n) is 6.44. The first-order chi connectivity index (χ1) is 13.3. The summed E-state index contributed by atoms with van der Waals surface area (Å²) in [6, 6.07) is 8.66. The standard InChI is InChI=1S/C23H32N2O3/c1-22(2,3)28-21(27)25-13-9-20(26)19(16-25)24-14-11-23(12-15-24)10-8-17-6-4-5-7-18(17)23/h4-8,10,19-20,26H,9,11-16H2,1-3H3. The molecule has 2 unspecified atom stereocenters. The molecule has 4 rings (SSSR count). The summed E-state index contributed by atoms with van der Waals surface area (Å²) in [7, 11) is 0. The molecule has 0 saturated carbocycles. The number of rotatable bonds is 1. The lowest BCUT2D eigenvalue weighted by Crippen LogP contribution is -2.59. The number of ether oxygens (including phenoxy) is 1. The summed E-state index contributed by atoms with van der Waals surface area (Å²) >= 11 is 0. The molecule has 1 amide bonds. The fourth-order valence-electron chi connectivity index (χ4n) is 4.90. The molecular formula is C23H32N2O3. The van der Waals surface area contributed by atoms with Gasteiger partial charge in [0, 0.05) is 18.5 Å². The molecule has 1 aromatic carbocycles. The van der Waals surface area contributed by atoms with Crippen LogP contribution in [0.25, 0.3) is 6.08 Å². The first-order valence-electron chi connectivity index (χ1n) is 10.5. The van der Waals surface area contributed by atoms with Crippen molar-refractivity contribution in [3.8, 4) is 0 Å². The van der Waals surface area contributed by atoms with Crippen LogP contribution in [0.4, 0.5) is 4.79 Å². The van der Waals surface area contributed by atoms with Crippen molar-refractivity contribution in [2.75, 3.05) is 26.2 Å². The molecule has 2 fully saturated rings. The number of hydrogen-bond acceptors (Lipinski definition) is 4. The Bertz CT molecular complexity index is 759. The zero-order valence-corrected chi connectivity index (χ0v) is 17.2. The Morgan fingerprint density at radius 1 is 1.18 bits per heavy atom. The Hall–Kier alpha value is -1.85. The van der Waals surface area contributed by atoms with E-state index < -0.39 is 5.60 Å². The van der Waals surface area contributed by atoms with Gasteiger partial charge in [-0.25, -0.2) is 4.79 Å². The number of allylic oxidation sites excluding steroid dienone is 1. The van der Waals surface area contributed by atoms with E-state index in [9.17, 15) is 9.90 Å². The first kappa shape index (κ1) is 19.5. The van der Waals surface area contributed by atoms with Crippen molar-refractivity contribution in [2.45, 2.75) is 63.2 Å². The molecule has 2 atom stereocenters. The van der Waals surface area contributed by atoms with Crippen molar-refractivity contribution in [2.24, 2.45) is 0 Å². The number of carbonyl (C=O) groups is 1. The highest BCUT2D eigenvalue weighted by atomic mass is 16.6. The van der Waals surface area contributed by atoms with Gasteiger partial charge in [-0.3, -0.25) is 4.90 Å². The maximum absolute atomic E-state index is 12.5. The predicted molar refractivity (Wildman–Crippen MR) is 110 cm³/mol. The van der Waals surface area contributed by atoms with Crippen LogP contribution in [0.15, 0.2) is 30.3 Å². The van der Waals surface area contributed by atoms with Crippen molar-refractivity contribution in [1.82, 2.24) is 9.80 Å². The summed E-state index contributed by atoms with van der Waals surface area (Å²) in [6.07, 6.45) is 6.68. The van der Waals surface area contributed by atoms with Gasteiger partial charge in [-0.05, 0) is 64.3 Å². The van der Waals surface area contributed by atoms with Gasteiger partial charge in [0.15, 0.2) is 0 Å². The van der Waals surface area contributed by atoms with Crippen molar-refractivity contribution in [3.63, 3.8) is 0 Å². The smallest absolute Gasteiger partial charge is 0.410 e. The fraction of sp³-hybridized carbons (Fsp3) is 0.609. The highest BCUT2D eigenvalue weighted by molar-refractivity contribution is 5.68. The molecule has 152 valence electrons. The molecule has 0 aromatic heterocycles. The second-order valence-corrected chi connectivity index (χ2v) is 9.46. The van der Waals surface area contributed by atoms with E-state index in [4.69, 9.17) is 4.74 Å². The number of nitrogens with zero attached hydrogens (tertiary/aromatic N) is 2. The van der Waals surface area contributed by atoms with Crippen LogP contribution in [0.2, 0.25) is 0 Å². The van der Waals surface area contributed by atoms with Crippen molar-refractivity contribution in [3.05, 3.63) is 41.5 Å². The number of benzene rings is 1. The number of amides is 1. The second-order valence-electron chi connectivity index (χ2n) is 9.46. The van der Waals surface area contributed by atoms with Crippen LogP contribution in [0, 0.1) is 0 Å². The molecule has 3 aliphatic rings. The summed E-state index contributed by atoms with van der Waals surface area (Å²) < 4.78 is 5.54.